The lowest BCUT2D eigenvalue weighted by molar-refractivity contribution is -0.138. The van der Waals surface area contributed by atoms with Crippen LogP contribution in [0.15, 0.2) is 85.1 Å². The standard InChI is InChI=1S/C30H31N3O6/c1-20(2)16-27(33(18-28(35)36)30(37)39-26-14-10-24(34)11-15-26)21-8-12-25(13-9-21)38-19-23-17-31-29(32-23)22-6-4-3-5-7-22/h3-15,17,20,27,34H,16,18-19H2,1-2H3,(H,31,32)(H,35,36)/t27-/m0/s1. The van der Waals surface area contributed by atoms with Gasteiger partial charge in [0, 0.05) is 5.56 Å². The van der Waals surface area contributed by atoms with Gasteiger partial charge in [-0.05, 0) is 54.3 Å². The fourth-order valence-electron chi connectivity index (χ4n) is 4.13. The third-order valence-electron chi connectivity index (χ3n) is 5.99. The number of ether oxygens (including phenoxy) is 2. The van der Waals surface area contributed by atoms with E-state index >= 15 is 0 Å². The van der Waals surface area contributed by atoms with Crippen molar-refractivity contribution < 1.29 is 29.3 Å². The lowest BCUT2D eigenvalue weighted by Gasteiger charge is -2.31. The van der Waals surface area contributed by atoms with Gasteiger partial charge in [-0.2, -0.15) is 0 Å². The predicted molar refractivity (Wildman–Crippen MR) is 145 cm³/mol. The van der Waals surface area contributed by atoms with Crippen molar-refractivity contribution in [2.75, 3.05) is 6.54 Å². The fourth-order valence-corrected chi connectivity index (χ4v) is 4.13. The van der Waals surface area contributed by atoms with Gasteiger partial charge >= 0.3 is 12.1 Å². The number of amides is 1. The van der Waals surface area contributed by atoms with Crippen LogP contribution in [0.5, 0.6) is 17.2 Å². The van der Waals surface area contributed by atoms with E-state index in [2.05, 4.69) is 9.97 Å². The first-order valence-electron chi connectivity index (χ1n) is 12.6. The van der Waals surface area contributed by atoms with E-state index in [1.807, 2.05) is 56.3 Å². The van der Waals surface area contributed by atoms with E-state index in [9.17, 15) is 19.8 Å². The smallest absolute Gasteiger partial charge is 0.416 e. The highest BCUT2D eigenvalue weighted by Gasteiger charge is 2.29. The van der Waals surface area contributed by atoms with E-state index in [0.717, 1.165) is 22.6 Å². The Kier molecular flexibility index (Phi) is 8.83. The van der Waals surface area contributed by atoms with Crippen LogP contribution in [-0.4, -0.2) is 43.7 Å². The number of phenolic OH excluding ortho intramolecular Hbond substituents is 1. The SMILES string of the molecule is CC(C)C[C@@H](c1ccc(OCc2cnc(-c3ccccc3)[nH]2)cc1)N(CC(=O)O)C(=O)Oc1ccc(O)cc1. The number of imidazole rings is 1. The second-order valence-corrected chi connectivity index (χ2v) is 9.51. The zero-order chi connectivity index (χ0) is 27.8. The summed E-state index contributed by atoms with van der Waals surface area (Å²) in [6.45, 7) is 3.76. The molecule has 0 aliphatic heterocycles. The summed E-state index contributed by atoms with van der Waals surface area (Å²) in [7, 11) is 0. The first-order chi connectivity index (χ1) is 18.8. The number of aliphatic carboxylic acids is 1. The number of aromatic nitrogens is 2. The van der Waals surface area contributed by atoms with Crippen LogP contribution in [0.1, 0.15) is 37.6 Å². The fraction of sp³-hybridized carbons (Fsp3) is 0.233. The Hall–Kier alpha value is -4.79. The molecular weight excluding hydrogens is 498 g/mol. The van der Waals surface area contributed by atoms with Gasteiger partial charge in [0.05, 0.1) is 17.9 Å². The topological polar surface area (TPSA) is 125 Å². The molecule has 1 heterocycles. The monoisotopic (exact) mass is 529 g/mol. The van der Waals surface area contributed by atoms with E-state index in [1.54, 1.807) is 18.3 Å². The largest absolute Gasteiger partial charge is 0.508 e. The molecule has 3 aromatic carbocycles. The van der Waals surface area contributed by atoms with Crippen LogP contribution in [0.25, 0.3) is 11.4 Å². The summed E-state index contributed by atoms with van der Waals surface area (Å²) >= 11 is 0. The summed E-state index contributed by atoms with van der Waals surface area (Å²) in [5.74, 6) is 0.632. The van der Waals surface area contributed by atoms with Crippen LogP contribution in [0.4, 0.5) is 4.79 Å². The van der Waals surface area contributed by atoms with E-state index < -0.39 is 24.6 Å². The number of aromatic amines is 1. The minimum absolute atomic E-state index is 0.0290. The summed E-state index contributed by atoms with van der Waals surface area (Å²) < 4.78 is 11.4. The second kappa shape index (κ2) is 12.6. The maximum absolute atomic E-state index is 13.1. The second-order valence-electron chi connectivity index (χ2n) is 9.51. The summed E-state index contributed by atoms with van der Waals surface area (Å²) in [6.07, 6.45) is 1.47. The third kappa shape index (κ3) is 7.61. The predicted octanol–water partition coefficient (Wildman–Crippen LogP) is 6.03. The number of nitrogens with one attached hydrogen (secondary N) is 1. The number of rotatable bonds is 11. The molecule has 0 bridgehead atoms. The molecule has 0 aliphatic carbocycles. The van der Waals surface area contributed by atoms with Gasteiger partial charge in [-0.15, -0.1) is 0 Å². The lowest BCUT2D eigenvalue weighted by Crippen LogP contribution is -2.41. The number of benzene rings is 3. The lowest BCUT2D eigenvalue weighted by atomic mass is 9.95. The normalized spacial score (nSPS) is 11.7. The molecule has 0 radical (unpaired) electrons. The Labute approximate surface area is 226 Å². The number of hydrogen-bond acceptors (Lipinski definition) is 6. The molecule has 4 rings (SSSR count). The summed E-state index contributed by atoms with van der Waals surface area (Å²) in [5, 5.41) is 19.0. The van der Waals surface area contributed by atoms with Crippen molar-refractivity contribution in [2.45, 2.75) is 32.9 Å². The van der Waals surface area contributed by atoms with Gasteiger partial charge in [0.25, 0.3) is 0 Å². The molecule has 202 valence electrons. The Morgan fingerprint density at radius 2 is 1.62 bits per heavy atom. The average Bonchev–Trinajstić information content (AvgIpc) is 3.40. The number of carbonyl (C=O) groups excluding carboxylic acids is 1. The van der Waals surface area contributed by atoms with Gasteiger partial charge in [0.2, 0.25) is 0 Å². The minimum Gasteiger partial charge on any atom is -0.508 e. The summed E-state index contributed by atoms with van der Waals surface area (Å²) in [4.78, 5) is 33.7. The Balaban J connectivity index is 1.48. The van der Waals surface area contributed by atoms with Crippen molar-refractivity contribution in [1.29, 1.82) is 0 Å². The molecular formula is C30H31N3O6. The van der Waals surface area contributed by atoms with Gasteiger partial charge in [0.15, 0.2) is 0 Å². The molecule has 1 amide bonds. The summed E-state index contributed by atoms with van der Waals surface area (Å²) in [6, 6.07) is 22.2. The average molecular weight is 530 g/mol. The van der Waals surface area contributed by atoms with Gasteiger partial charge in [-0.1, -0.05) is 56.3 Å². The van der Waals surface area contributed by atoms with Gasteiger partial charge in [-0.3, -0.25) is 9.69 Å². The molecule has 1 atom stereocenters. The van der Waals surface area contributed by atoms with Crippen molar-refractivity contribution in [2.24, 2.45) is 5.92 Å². The number of nitrogens with zero attached hydrogens (tertiary/aromatic N) is 2. The molecule has 39 heavy (non-hydrogen) atoms. The highest BCUT2D eigenvalue weighted by Crippen LogP contribution is 2.31. The van der Waals surface area contributed by atoms with Crippen LogP contribution in [-0.2, 0) is 11.4 Å². The zero-order valence-corrected chi connectivity index (χ0v) is 21.8. The van der Waals surface area contributed by atoms with E-state index in [4.69, 9.17) is 9.47 Å². The Morgan fingerprint density at radius 1 is 0.949 bits per heavy atom. The van der Waals surface area contributed by atoms with Crippen LogP contribution >= 0.6 is 0 Å². The number of carboxylic acids is 1. The van der Waals surface area contributed by atoms with E-state index in [-0.39, 0.29) is 17.4 Å². The minimum atomic E-state index is -1.15. The van der Waals surface area contributed by atoms with Crippen molar-refractivity contribution >= 4 is 12.1 Å². The van der Waals surface area contributed by atoms with Gasteiger partial charge < -0.3 is 24.7 Å². The highest BCUT2D eigenvalue weighted by atomic mass is 16.6. The number of phenols is 1. The summed E-state index contributed by atoms with van der Waals surface area (Å²) in [5.41, 5.74) is 2.56. The number of hydrogen-bond donors (Lipinski definition) is 3. The molecule has 3 N–H and O–H groups in total. The zero-order valence-electron chi connectivity index (χ0n) is 21.8. The maximum Gasteiger partial charge on any atom is 0.416 e. The molecule has 0 unspecified atom stereocenters. The van der Waals surface area contributed by atoms with Crippen LogP contribution in [0, 0.1) is 5.92 Å². The first kappa shape index (κ1) is 27.3. The maximum atomic E-state index is 13.1. The molecule has 9 nitrogen and oxygen atoms in total. The van der Waals surface area contributed by atoms with Crippen molar-refractivity contribution in [3.63, 3.8) is 0 Å². The number of aromatic hydroxyl groups is 1. The van der Waals surface area contributed by atoms with Crippen molar-refractivity contribution in [1.82, 2.24) is 14.9 Å². The van der Waals surface area contributed by atoms with Crippen LogP contribution in [0.2, 0.25) is 0 Å². The van der Waals surface area contributed by atoms with Crippen molar-refractivity contribution in [3.8, 4) is 28.6 Å². The van der Waals surface area contributed by atoms with Gasteiger partial charge in [-0.25, -0.2) is 9.78 Å². The molecule has 0 fully saturated rings. The quantitative estimate of drug-likeness (QED) is 0.216. The number of carboxylic acid groups (broad SMARTS) is 1. The van der Waals surface area contributed by atoms with Gasteiger partial charge in [0.1, 0.15) is 36.2 Å². The molecule has 0 aliphatic rings. The molecule has 0 saturated heterocycles. The van der Waals surface area contributed by atoms with E-state index in [0.29, 0.717) is 18.8 Å². The highest BCUT2D eigenvalue weighted by molar-refractivity contribution is 5.78. The third-order valence-corrected chi connectivity index (χ3v) is 5.99. The van der Waals surface area contributed by atoms with Crippen LogP contribution < -0.4 is 9.47 Å². The number of carbonyl (C=O) groups is 2. The Morgan fingerprint density at radius 3 is 2.26 bits per heavy atom. The van der Waals surface area contributed by atoms with Crippen molar-refractivity contribution in [3.05, 3.63) is 96.3 Å². The molecule has 0 spiro atoms. The van der Waals surface area contributed by atoms with Crippen LogP contribution in [0.3, 0.4) is 0 Å². The first-order valence-corrected chi connectivity index (χ1v) is 12.6. The number of H-pyrrole nitrogens is 1. The molecule has 4 aromatic rings. The molecule has 9 heteroatoms. The van der Waals surface area contributed by atoms with E-state index in [1.165, 1.54) is 29.2 Å². The Bertz CT molecular complexity index is 1370. The molecule has 1 aromatic heterocycles. The molecule has 0 saturated carbocycles.